The molecule has 94 valence electrons. The third-order valence-electron chi connectivity index (χ3n) is 3.95. The first-order chi connectivity index (χ1) is 8.09. The first-order valence-electron chi connectivity index (χ1n) is 6.58. The summed E-state index contributed by atoms with van der Waals surface area (Å²) in [5, 5.41) is 0. The molecule has 2 N–H and O–H groups in total. The molecule has 1 fully saturated rings. The van der Waals surface area contributed by atoms with Crippen LogP contribution in [0.15, 0.2) is 18.2 Å². The van der Waals surface area contributed by atoms with Crippen LogP contribution in [-0.2, 0) is 0 Å². The molecule has 2 rings (SSSR count). The summed E-state index contributed by atoms with van der Waals surface area (Å²) in [6.45, 7) is 4.97. The number of benzene rings is 1. The molecule has 0 amide bonds. The largest absolute Gasteiger partial charge is 0.494 e. The molecular weight excluding hydrogens is 210 g/mol. The number of aryl methyl sites for hydroxylation is 2. The van der Waals surface area contributed by atoms with Crippen LogP contribution in [0.25, 0.3) is 0 Å². The standard InChI is InChI=1S/C15H23NO/c1-12-5-6-14(11-13(12)2)17-10-9-15(16)7-3-4-8-15/h5-6,11H,3-4,7-10,16H2,1-2H3. The Morgan fingerprint density at radius 2 is 1.88 bits per heavy atom. The summed E-state index contributed by atoms with van der Waals surface area (Å²) < 4.78 is 5.79. The molecule has 1 aliphatic rings. The van der Waals surface area contributed by atoms with Crippen LogP contribution in [0.2, 0.25) is 0 Å². The quantitative estimate of drug-likeness (QED) is 0.865. The van der Waals surface area contributed by atoms with Gasteiger partial charge in [-0.3, -0.25) is 0 Å². The maximum Gasteiger partial charge on any atom is 0.119 e. The highest BCUT2D eigenvalue weighted by atomic mass is 16.5. The van der Waals surface area contributed by atoms with Crippen LogP contribution in [0.4, 0.5) is 0 Å². The van der Waals surface area contributed by atoms with E-state index in [1.807, 2.05) is 6.07 Å². The molecule has 1 aromatic rings. The van der Waals surface area contributed by atoms with Gasteiger partial charge >= 0.3 is 0 Å². The monoisotopic (exact) mass is 233 g/mol. The van der Waals surface area contributed by atoms with Crippen LogP contribution in [0.5, 0.6) is 5.75 Å². The second-order valence-corrected chi connectivity index (χ2v) is 5.41. The molecule has 17 heavy (non-hydrogen) atoms. The van der Waals surface area contributed by atoms with Gasteiger partial charge in [-0.25, -0.2) is 0 Å². The van der Waals surface area contributed by atoms with Gasteiger partial charge in [0.25, 0.3) is 0 Å². The Bertz CT molecular complexity index is 381. The maximum atomic E-state index is 6.30. The van der Waals surface area contributed by atoms with Gasteiger partial charge in [0.15, 0.2) is 0 Å². The van der Waals surface area contributed by atoms with E-state index in [9.17, 15) is 0 Å². The average molecular weight is 233 g/mol. The number of nitrogens with two attached hydrogens (primary N) is 1. The Labute approximate surface area is 104 Å². The van der Waals surface area contributed by atoms with Crippen molar-refractivity contribution in [1.82, 2.24) is 0 Å². The lowest BCUT2D eigenvalue weighted by atomic mass is 9.95. The SMILES string of the molecule is Cc1ccc(OCCC2(N)CCCC2)cc1C. The van der Waals surface area contributed by atoms with Crippen LogP contribution in [0, 0.1) is 13.8 Å². The molecular formula is C15H23NO. The summed E-state index contributed by atoms with van der Waals surface area (Å²) in [4.78, 5) is 0. The van der Waals surface area contributed by atoms with E-state index >= 15 is 0 Å². The molecule has 0 atom stereocenters. The van der Waals surface area contributed by atoms with E-state index < -0.39 is 0 Å². The molecule has 1 aliphatic carbocycles. The molecule has 0 radical (unpaired) electrons. The van der Waals surface area contributed by atoms with E-state index in [1.165, 1.54) is 24.0 Å². The van der Waals surface area contributed by atoms with Crippen molar-refractivity contribution in [3.63, 3.8) is 0 Å². The minimum Gasteiger partial charge on any atom is -0.494 e. The van der Waals surface area contributed by atoms with Crippen molar-refractivity contribution in [2.45, 2.75) is 51.5 Å². The Morgan fingerprint density at radius 1 is 1.18 bits per heavy atom. The van der Waals surface area contributed by atoms with E-state index in [2.05, 4.69) is 26.0 Å². The van der Waals surface area contributed by atoms with E-state index in [0.29, 0.717) is 0 Å². The van der Waals surface area contributed by atoms with Crippen LogP contribution < -0.4 is 10.5 Å². The molecule has 2 heteroatoms. The van der Waals surface area contributed by atoms with E-state index in [4.69, 9.17) is 10.5 Å². The number of ether oxygens (including phenoxy) is 1. The van der Waals surface area contributed by atoms with Gasteiger partial charge in [0.05, 0.1) is 6.61 Å². The van der Waals surface area contributed by atoms with Gasteiger partial charge in [0.2, 0.25) is 0 Å². The van der Waals surface area contributed by atoms with Crippen molar-refractivity contribution in [3.05, 3.63) is 29.3 Å². The third kappa shape index (κ3) is 3.22. The van der Waals surface area contributed by atoms with Crippen molar-refractivity contribution >= 4 is 0 Å². The van der Waals surface area contributed by atoms with Crippen LogP contribution in [0.1, 0.15) is 43.2 Å². The van der Waals surface area contributed by atoms with Gasteiger partial charge in [-0.15, -0.1) is 0 Å². The number of hydrogen-bond donors (Lipinski definition) is 1. The fourth-order valence-electron chi connectivity index (χ4n) is 2.50. The van der Waals surface area contributed by atoms with Crippen LogP contribution in [0.3, 0.4) is 0 Å². The molecule has 1 aromatic carbocycles. The van der Waals surface area contributed by atoms with Gasteiger partial charge in [0.1, 0.15) is 5.75 Å². The summed E-state index contributed by atoms with van der Waals surface area (Å²) in [5.74, 6) is 0.967. The Hall–Kier alpha value is -1.02. The van der Waals surface area contributed by atoms with Gasteiger partial charge in [-0.2, -0.15) is 0 Å². The second kappa shape index (κ2) is 5.09. The van der Waals surface area contributed by atoms with E-state index in [-0.39, 0.29) is 5.54 Å². The fraction of sp³-hybridized carbons (Fsp3) is 0.600. The Kier molecular flexibility index (Phi) is 3.72. The smallest absolute Gasteiger partial charge is 0.119 e. The first-order valence-corrected chi connectivity index (χ1v) is 6.58. The highest BCUT2D eigenvalue weighted by Gasteiger charge is 2.28. The molecule has 0 heterocycles. The van der Waals surface area contributed by atoms with E-state index in [1.54, 1.807) is 0 Å². The van der Waals surface area contributed by atoms with Crippen molar-refractivity contribution in [2.75, 3.05) is 6.61 Å². The van der Waals surface area contributed by atoms with Crippen molar-refractivity contribution in [3.8, 4) is 5.75 Å². The molecule has 1 saturated carbocycles. The predicted octanol–water partition coefficient (Wildman–Crippen LogP) is 3.34. The lowest BCUT2D eigenvalue weighted by molar-refractivity contribution is 0.258. The van der Waals surface area contributed by atoms with Crippen LogP contribution >= 0.6 is 0 Å². The maximum absolute atomic E-state index is 6.30. The average Bonchev–Trinajstić information content (AvgIpc) is 2.71. The third-order valence-corrected chi connectivity index (χ3v) is 3.95. The van der Waals surface area contributed by atoms with E-state index in [0.717, 1.165) is 31.6 Å². The predicted molar refractivity (Wildman–Crippen MR) is 71.4 cm³/mol. The molecule has 0 aliphatic heterocycles. The Balaban J connectivity index is 1.83. The topological polar surface area (TPSA) is 35.2 Å². The normalized spacial score (nSPS) is 18.3. The molecule has 0 bridgehead atoms. The number of hydrogen-bond acceptors (Lipinski definition) is 2. The zero-order chi connectivity index (χ0) is 12.3. The summed E-state index contributed by atoms with van der Waals surface area (Å²) in [6.07, 6.45) is 5.84. The van der Waals surface area contributed by atoms with Crippen LogP contribution in [-0.4, -0.2) is 12.1 Å². The zero-order valence-electron chi connectivity index (χ0n) is 11.0. The highest BCUT2D eigenvalue weighted by Crippen LogP contribution is 2.30. The van der Waals surface area contributed by atoms with Crippen molar-refractivity contribution in [1.29, 1.82) is 0 Å². The van der Waals surface area contributed by atoms with Gasteiger partial charge in [0, 0.05) is 5.54 Å². The highest BCUT2D eigenvalue weighted by molar-refractivity contribution is 5.33. The van der Waals surface area contributed by atoms with Gasteiger partial charge < -0.3 is 10.5 Å². The summed E-state index contributed by atoms with van der Waals surface area (Å²) >= 11 is 0. The fourth-order valence-corrected chi connectivity index (χ4v) is 2.50. The Morgan fingerprint density at radius 3 is 2.53 bits per heavy atom. The molecule has 0 saturated heterocycles. The zero-order valence-corrected chi connectivity index (χ0v) is 11.0. The molecule has 0 aromatic heterocycles. The van der Waals surface area contributed by atoms with Crippen molar-refractivity contribution < 1.29 is 4.74 Å². The summed E-state index contributed by atoms with van der Waals surface area (Å²) in [6, 6.07) is 6.26. The second-order valence-electron chi connectivity index (χ2n) is 5.41. The van der Waals surface area contributed by atoms with Gasteiger partial charge in [-0.1, -0.05) is 18.9 Å². The van der Waals surface area contributed by atoms with Crippen molar-refractivity contribution in [2.24, 2.45) is 5.73 Å². The first kappa shape index (κ1) is 12.4. The lowest BCUT2D eigenvalue weighted by Gasteiger charge is -2.23. The summed E-state index contributed by atoms with van der Waals surface area (Å²) in [7, 11) is 0. The minimum atomic E-state index is 0.0414. The molecule has 0 spiro atoms. The minimum absolute atomic E-state index is 0.0414. The van der Waals surface area contributed by atoms with Gasteiger partial charge in [-0.05, 0) is 56.4 Å². The molecule has 0 unspecified atom stereocenters. The molecule has 2 nitrogen and oxygen atoms in total. The number of rotatable bonds is 4. The summed E-state index contributed by atoms with van der Waals surface area (Å²) in [5.41, 5.74) is 8.93. The lowest BCUT2D eigenvalue weighted by Crippen LogP contribution is -2.37.